The quantitative estimate of drug-likeness (QED) is 0.131. The van der Waals surface area contributed by atoms with E-state index < -0.39 is 14.8 Å². The molecule has 0 aliphatic carbocycles. The van der Waals surface area contributed by atoms with Crippen LogP contribution in [0.5, 0.6) is 0 Å². The Morgan fingerprint density at radius 2 is 1.55 bits per heavy atom. The number of nitrogens with zero attached hydrogens (tertiary/aromatic N) is 1. The van der Waals surface area contributed by atoms with Gasteiger partial charge in [0.1, 0.15) is 6.29 Å². The number of rotatable bonds is 13. The van der Waals surface area contributed by atoms with Crippen LogP contribution in [0.2, 0.25) is 10.0 Å². The second-order valence-corrected chi connectivity index (χ2v) is 9.62. The summed E-state index contributed by atoms with van der Waals surface area (Å²) in [5.41, 5.74) is 0.900. The van der Waals surface area contributed by atoms with Crippen LogP contribution in [0, 0.1) is 43.6 Å². The molecular weight excluding hydrogens is 658 g/mol. The van der Waals surface area contributed by atoms with Gasteiger partial charge in [0.2, 0.25) is 0 Å². The molecule has 3 atom stereocenters. The molecule has 9 heteroatoms. The van der Waals surface area contributed by atoms with Gasteiger partial charge in [0, 0.05) is 67.0 Å². The number of halogens is 2. The van der Waals surface area contributed by atoms with Crippen LogP contribution < -0.4 is 0 Å². The molecule has 29 heavy (non-hydrogen) atoms. The third kappa shape index (κ3) is 12.0. The van der Waals surface area contributed by atoms with Gasteiger partial charge in [0.25, 0.3) is 8.53 Å². The van der Waals surface area contributed by atoms with E-state index in [0.29, 0.717) is 35.3 Å². The number of hydrogen-bond donors (Lipinski definition) is 0. The first-order valence-corrected chi connectivity index (χ1v) is 11.3. The fourth-order valence-electron chi connectivity index (χ4n) is 2.60. The summed E-state index contributed by atoms with van der Waals surface area (Å²) in [4.78, 5) is 0. The fourth-order valence-corrected chi connectivity index (χ4v) is 4.72. The van der Waals surface area contributed by atoms with Gasteiger partial charge in [-0.2, -0.15) is 0 Å². The van der Waals surface area contributed by atoms with Gasteiger partial charge in [0.15, 0.2) is 0 Å². The van der Waals surface area contributed by atoms with Crippen molar-refractivity contribution in [3.05, 3.63) is 40.4 Å². The van der Waals surface area contributed by atoms with Crippen LogP contribution in [0.1, 0.15) is 47.1 Å². The Kier molecular flexibility index (Phi) is 16.4. The topological polar surface area (TPSA) is 40.2 Å². The Balaban J connectivity index is 0.00000784. The van der Waals surface area contributed by atoms with Gasteiger partial charge < -0.3 is 18.5 Å². The van der Waals surface area contributed by atoms with Crippen LogP contribution >= 0.6 is 31.7 Å². The molecule has 0 aliphatic heterocycles. The summed E-state index contributed by atoms with van der Waals surface area (Å²) in [6.45, 7) is 15.1. The van der Waals surface area contributed by atoms with E-state index in [1.807, 2.05) is 26.0 Å². The number of hydrogen-bond acceptors (Lipinski definition) is 5. The minimum Gasteiger partial charge on any atom is -0.529 e. The average Bonchev–Trinajstić information content (AvgIpc) is 2.59. The van der Waals surface area contributed by atoms with Crippen LogP contribution in [0.4, 0.5) is 0 Å². The van der Waals surface area contributed by atoms with Crippen molar-refractivity contribution in [2.45, 2.75) is 66.5 Å². The Hall–Kier alpha value is 1.08. The first kappa shape index (κ1) is 30.1. The molecule has 166 valence electrons. The van der Waals surface area contributed by atoms with Gasteiger partial charge in [-0.05, 0) is 58.4 Å². The van der Waals surface area contributed by atoms with Gasteiger partial charge in [-0.3, -0.25) is 0 Å². The summed E-state index contributed by atoms with van der Waals surface area (Å²) < 4.78 is 25.2. The van der Waals surface area contributed by atoms with E-state index in [0.717, 1.165) is 5.56 Å². The van der Waals surface area contributed by atoms with Crippen molar-refractivity contribution in [3.63, 3.8) is 0 Å². The van der Waals surface area contributed by atoms with Crippen molar-refractivity contribution in [3.8, 4) is 0 Å². The summed E-state index contributed by atoms with van der Waals surface area (Å²) in [6, 6.07) is 6.02. The molecule has 1 rings (SSSR count). The molecular formula is C20H33Cl2NO4PU-. The van der Waals surface area contributed by atoms with Crippen LogP contribution in [0.25, 0.3) is 0 Å². The maximum Gasteiger partial charge on any atom is 0.258 e. The Morgan fingerprint density at radius 3 is 2.03 bits per heavy atom. The van der Waals surface area contributed by atoms with Crippen molar-refractivity contribution >= 4 is 31.7 Å². The molecule has 0 saturated carbocycles. The summed E-state index contributed by atoms with van der Waals surface area (Å²) in [5, 5.41) is 1.17. The van der Waals surface area contributed by atoms with Gasteiger partial charge in [-0.15, -0.1) is 5.92 Å². The Morgan fingerprint density at radius 1 is 1.00 bits per heavy atom. The van der Waals surface area contributed by atoms with Crippen LogP contribution in [-0.2, 0) is 25.1 Å². The molecule has 1 aromatic carbocycles. The molecule has 0 aromatic heterocycles. The van der Waals surface area contributed by atoms with Gasteiger partial charge in [-0.1, -0.05) is 30.1 Å². The molecule has 0 heterocycles. The van der Waals surface area contributed by atoms with Crippen molar-refractivity contribution < 1.29 is 49.6 Å². The smallest absolute Gasteiger partial charge is 0.258 e. The number of benzene rings is 1. The summed E-state index contributed by atoms with van der Waals surface area (Å²) in [7, 11) is 0.586. The zero-order valence-corrected chi connectivity index (χ0v) is 24.9. The summed E-state index contributed by atoms with van der Waals surface area (Å²) in [6.07, 6.45) is -0.396. The Labute approximate surface area is 211 Å². The van der Waals surface area contributed by atoms with E-state index in [2.05, 4.69) is 32.4 Å². The maximum atomic E-state index is 6.01. The maximum absolute atomic E-state index is 6.01. The van der Waals surface area contributed by atoms with Crippen molar-refractivity contribution in [1.29, 1.82) is 0 Å². The van der Waals surface area contributed by atoms with Gasteiger partial charge >= 0.3 is 0 Å². The van der Waals surface area contributed by atoms with Crippen LogP contribution in [-0.4, -0.2) is 36.8 Å². The first-order chi connectivity index (χ1) is 13.1. The van der Waals surface area contributed by atoms with E-state index in [4.69, 9.17) is 41.7 Å². The SMILES string of the molecule is COP(OCC(C)[CH-]OC(C)OCc1cc(Cl)cc(Cl)c1)N(C(C)C)C(C)C.[U]. The van der Waals surface area contributed by atoms with E-state index in [9.17, 15) is 0 Å². The largest absolute Gasteiger partial charge is 0.529 e. The predicted molar refractivity (Wildman–Crippen MR) is 117 cm³/mol. The predicted octanol–water partition coefficient (Wildman–Crippen LogP) is 6.68. The summed E-state index contributed by atoms with van der Waals surface area (Å²) in [5.74, 6) is 0.0907. The normalized spacial score (nSPS) is 14.9. The molecule has 5 nitrogen and oxygen atoms in total. The second kappa shape index (κ2) is 15.8. The zero-order chi connectivity index (χ0) is 21.3. The zero-order valence-electron chi connectivity index (χ0n) is 18.3. The van der Waals surface area contributed by atoms with Crippen molar-refractivity contribution in [2.24, 2.45) is 5.92 Å². The van der Waals surface area contributed by atoms with Crippen LogP contribution in [0.15, 0.2) is 18.2 Å². The van der Waals surface area contributed by atoms with Crippen molar-refractivity contribution in [2.75, 3.05) is 13.7 Å². The third-order valence-electron chi connectivity index (χ3n) is 3.76. The molecule has 3 unspecified atom stereocenters. The minimum atomic E-state index is -1.10. The molecule has 0 radical (unpaired) electrons. The fraction of sp³-hybridized carbons (Fsp3) is 0.650. The van der Waals surface area contributed by atoms with Crippen LogP contribution in [0.3, 0.4) is 0 Å². The monoisotopic (exact) mass is 690 g/mol. The van der Waals surface area contributed by atoms with E-state index in [-0.39, 0.29) is 37.0 Å². The average molecular weight is 691 g/mol. The molecule has 0 N–H and O–H groups in total. The molecule has 0 fully saturated rings. The van der Waals surface area contributed by atoms with E-state index in [1.54, 1.807) is 19.8 Å². The second-order valence-electron chi connectivity index (χ2n) is 7.19. The molecule has 0 aliphatic rings. The molecule has 1 aromatic rings. The summed E-state index contributed by atoms with van der Waals surface area (Å²) >= 11 is 12.0. The first-order valence-electron chi connectivity index (χ1n) is 9.44. The number of ether oxygens (including phenoxy) is 2. The molecule has 0 bridgehead atoms. The van der Waals surface area contributed by atoms with Crippen molar-refractivity contribution in [1.82, 2.24) is 4.67 Å². The third-order valence-corrected chi connectivity index (χ3v) is 6.18. The molecule has 0 spiro atoms. The van der Waals surface area contributed by atoms with Gasteiger partial charge in [-0.25, -0.2) is 11.3 Å². The molecule has 0 saturated heterocycles. The minimum absolute atomic E-state index is 0. The van der Waals surface area contributed by atoms with E-state index in [1.165, 1.54) is 0 Å². The van der Waals surface area contributed by atoms with Gasteiger partial charge in [0.05, 0.1) is 6.61 Å². The van der Waals surface area contributed by atoms with E-state index >= 15 is 0 Å². The Bertz CT molecular complexity index is 555. The molecule has 0 amide bonds. The standard InChI is InChI=1S/C20H33Cl2NO4P.U/c1-14(2)23(15(3)4)28(24-7)27-12-16(5)11-25-17(6)26-13-18-8-19(21)10-20(22)9-18;/h8-11,14-17H,12-13H2,1-7H3;/q-1;.